The van der Waals surface area contributed by atoms with Gasteiger partial charge in [0.15, 0.2) is 0 Å². The lowest BCUT2D eigenvalue weighted by Gasteiger charge is -2.33. The molecule has 5 nitrogen and oxygen atoms in total. The molecule has 0 saturated carbocycles. The molecule has 1 N–H and O–H groups in total. The van der Waals surface area contributed by atoms with Crippen molar-refractivity contribution in [3.63, 3.8) is 0 Å². The third-order valence-electron chi connectivity index (χ3n) is 4.24. The van der Waals surface area contributed by atoms with Crippen LogP contribution in [0.15, 0.2) is 12.7 Å². The van der Waals surface area contributed by atoms with Crippen molar-refractivity contribution >= 4 is 11.8 Å². The molecule has 2 aliphatic rings. The van der Waals surface area contributed by atoms with Gasteiger partial charge in [-0.1, -0.05) is 6.08 Å². The number of halogens is 2. The fourth-order valence-corrected chi connectivity index (χ4v) is 2.94. The lowest BCUT2D eigenvalue weighted by molar-refractivity contribution is -0.141. The van der Waals surface area contributed by atoms with E-state index >= 15 is 0 Å². The molecule has 0 aliphatic carbocycles. The molecular formula is C15H23F2N3O2. The van der Waals surface area contributed by atoms with Crippen LogP contribution >= 0.6 is 0 Å². The molecule has 2 saturated heterocycles. The summed E-state index contributed by atoms with van der Waals surface area (Å²) in [5, 5.41) is 2.70. The monoisotopic (exact) mass is 315 g/mol. The molecule has 1 atom stereocenters. The van der Waals surface area contributed by atoms with E-state index in [9.17, 15) is 18.4 Å². The number of hydrogen-bond acceptors (Lipinski definition) is 3. The van der Waals surface area contributed by atoms with E-state index in [0.29, 0.717) is 26.1 Å². The van der Waals surface area contributed by atoms with Gasteiger partial charge in [0.25, 0.3) is 5.92 Å². The highest BCUT2D eigenvalue weighted by atomic mass is 19.3. The summed E-state index contributed by atoms with van der Waals surface area (Å²) in [6.45, 7) is 5.67. The van der Waals surface area contributed by atoms with E-state index in [1.165, 1.54) is 0 Å². The minimum atomic E-state index is -2.64. The van der Waals surface area contributed by atoms with Crippen LogP contribution in [0.1, 0.15) is 19.3 Å². The Morgan fingerprint density at radius 3 is 2.59 bits per heavy atom. The number of hydrogen-bond donors (Lipinski definition) is 1. The van der Waals surface area contributed by atoms with E-state index in [4.69, 9.17) is 0 Å². The van der Waals surface area contributed by atoms with Gasteiger partial charge in [-0.05, 0) is 13.0 Å². The topological polar surface area (TPSA) is 52.7 Å². The third kappa shape index (κ3) is 4.50. The summed E-state index contributed by atoms with van der Waals surface area (Å²) in [6.07, 6.45) is 1.79. The van der Waals surface area contributed by atoms with Crippen molar-refractivity contribution in [3.8, 4) is 0 Å². The molecule has 2 fully saturated rings. The van der Waals surface area contributed by atoms with Gasteiger partial charge in [-0.25, -0.2) is 8.78 Å². The van der Waals surface area contributed by atoms with Gasteiger partial charge >= 0.3 is 0 Å². The van der Waals surface area contributed by atoms with Gasteiger partial charge in [0.05, 0.1) is 12.5 Å². The van der Waals surface area contributed by atoms with Crippen molar-refractivity contribution in [2.75, 3.05) is 39.3 Å². The highest BCUT2D eigenvalue weighted by Gasteiger charge is 2.38. The van der Waals surface area contributed by atoms with Gasteiger partial charge in [-0.3, -0.25) is 14.5 Å². The Morgan fingerprint density at radius 1 is 1.27 bits per heavy atom. The molecule has 0 aromatic rings. The van der Waals surface area contributed by atoms with Crippen molar-refractivity contribution in [2.45, 2.75) is 25.2 Å². The summed E-state index contributed by atoms with van der Waals surface area (Å²) in [6, 6.07) is 0. The molecule has 0 spiro atoms. The van der Waals surface area contributed by atoms with Crippen LogP contribution in [0.4, 0.5) is 8.78 Å². The molecule has 2 aliphatic heterocycles. The van der Waals surface area contributed by atoms with Crippen LogP contribution < -0.4 is 5.32 Å². The maximum Gasteiger partial charge on any atom is 0.251 e. The number of carbonyl (C=O) groups is 2. The predicted octanol–water partition coefficient (Wildman–Crippen LogP) is 0.868. The number of amides is 2. The Bertz CT molecular complexity index is 433. The smallest absolute Gasteiger partial charge is 0.251 e. The van der Waals surface area contributed by atoms with E-state index in [2.05, 4.69) is 11.9 Å². The first-order valence-electron chi connectivity index (χ1n) is 7.68. The normalized spacial score (nSPS) is 25.0. The van der Waals surface area contributed by atoms with Crippen molar-refractivity contribution < 1.29 is 18.4 Å². The zero-order chi connectivity index (χ0) is 16.2. The first kappa shape index (κ1) is 16.9. The summed E-state index contributed by atoms with van der Waals surface area (Å²) in [5.74, 6) is -2.96. The molecule has 2 rings (SSSR count). The number of nitrogens with one attached hydrogen (secondary N) is 1. The largest absolute Gasteiger partial charge is 0.352 e. The number of likely N-dealkylation sites (tertiary alicyclic amines) is 2. The van der Waals surface area contributed by atoms with Gasteiger partial charge < -0.3 is 10.2 Å². The molecule has 0 aromatic heterocycles. The summed E-state index contributed by atoms with van der Waals surface area (Å²) in [5.41, 5.74) is 0. The fourth-order valence-electron chi connectivity index (χ4n) is 2.94. The predicted molar refractivity (Wildman–Crippen MR) is 78.5 cm³/mol. The Hall–Kier alpha value is -1.50. The van der Waals surface area contributed by atoms with Crippen LogP contribution in [0.5, 0.6) is 0 Å². The van der Waals surface area contributed by atoms with Gasteiger partial charge in [0.1, 0.15) is 0 Å². The second kappa shape index (κ2) is 7.17. The zero-order valence-electron chi connectivity index (χ0n) is 12.7. The van der Waals surface area contributed by atoms with Crippen molar-refractivity contribution in [1.29, 1.82) is 0 Å². The molecule has 1 unspecified atom stereocenters. The molecule has 7 heteroatoms. The number of piperidine rings is 1. The zero-order valence-corrected chi connectivity index (χ0v) is 12.7. The third-order valence-corrected chi connectivity index (χ3v) is 4.24. The summed E-state index contributed by atoms with van der Waals surface area (Å²) < 4.78 is 26.3. The Morgan fingerprint density at radius 2 is 1.95 bits per heavy atom. The molecule has 0 aromatic carbocycles. The van der Waals surface area contributed by atoms with Gasteiger partial charge in [0.2, 0.25) is 11.8 Å². The highest BCUT2D eigenvalue weighted by Crippen LogP contribution is 2.29. The van der Waals surface area contributed by atoms with E-state index in [0.717, 1.165) is 0 Å². The number of alkyl halides is 2. The first-order valence-corrected chi connectivity index (χ1v) is 7.68. The lowest BCUT2D eigenvalue weighted by atomic mass is 10.0. The maximum absolute atomic E-state index is 13.1. The van der Waals surface area contributed by atoms with Crippen LogP contribution in [0.3, 0.4) is 0 Å². The SMILES string of the molecule is C=CCNC(=O)CN1CCC(C(=O)N2CCC(F)(F)CC2)C1. The molecule has 124 valence electrons. The lowest BCUT2D eigenvalue weighted by Crippen LogP contribution is -2.45. The molecule has 0 radical (unpaired) electrons. The van der Waals surface area contributed by atoms with Gasteiger partial charge in [0, 0.05) is 39.0 Å². The summed E-state index contributed by atoms with van der Waals surface area (Å²) in [4.78, 5) is 27.5. The molecule has 2 amide bonds. The fraction of sp³-hybridized carbons (Fsp3) is 0.733. The highest BCUT2D eigenvalue weighted by molar-refractivity contribution is 5.80. The molecular weight excluding hydrogens is 292 g/mol. The van der Waals surface area contributed by atoms with Gasteiger partial charge in [-0.2, -0.15) is 0 Å². The quantitative estimate of drug-likeness (QED) is 0.766. The van der Waals surface area contributed by atoms with Crippen molar-refractivity contribution in [1.82, 2.24) is 15.1 Å². The van der Waals surface area contributed by atoms with E-state index in [-0.39, 0.29) is 50.2 Å². The average Bonchev–Trinajstić information content (AvgIpc) is 2.93. The minimum absolute atomic E-state index is 0.0514. The van der Waals surface area contributed by atoms with Crippen molar-refractivity contribution in [2.24, 2.45) is 5.92 Å². The van der Waals surface area contributed by atoms with Crippen LogP contribution in [0.25, 0.3) is 0 Å². The molecule has 2 heterocycles. The Kier molecular flexibility index (Phi) is 5.50. The molecule has 22 heavy (non-hydrogen) atoms. The van der Waals surface area contributed by atoms with E-state index < -0.39 is 5.92 Å². The number of nitrogens with zero attached hydrogens (tertiary/aromatic N) is 2. The Balaban J connectivity index is 1.76. The average molecular weight is 315 g/mol. The summed E-state index contributed by atoms with van der Waals surface area (Å²) in [7, 11) is 0. The number of rotatable bonds is 5. The second-order valence-electron chi connectivity index (χ2n) is 5.99. The van der Waals surface area contributed by atoms with Crippen molar-refractivity contribution in [3.05, 3.63) is 12.7 Å². The van der Waals surface area contributed by atoms with Crippen LogP contribution in [-0.2, 0) is 9.59 Å². The second-order valence-corrected chi connectivity index (χ2v) is 5.99. The van der Waals surface area contributed by atoms with Crippen LogP contribution in [0.2, 0.25) is 0 Å². The van der Waals surface area contributed by atoms with E-state index in [1.54, 1.807) is 11.0 Å². The van der Waals surface area contributed by atoms with E-state index in [1.807, 2.05) is 4.90 Å². The van der Waals surface area contributed by atoms with Crippen LogP contribution in [-0.4, -0.2) is 66.8 Å². The minimum Gasteiger partial charge on any atom is -0.352 e. The Labute approximate surface area is 129 Å². The van der Waals surface area contributed by atoms with Gasteiger partial charge in [-0.15, -0.1) is 6.58 Å². The number of carbonyl (C=O) groups excluding carboxylic acids is 2. The standard InChI is InChI=1S/C15H23F2N3O2/c1-2-6-18-13(21)11-19-7-3-12(10-19)14(22)20-8-4-15(16,17)5-9-20/h2,12H,1,3-11H2,(H,18,21). The first-order chi connectivity index (χ1) is 10.4. The summed E-state index contributed by atoms with van der Waals surface area (Å²) >= 11 is 0. The molecule has 0 bridgehead atoms. The van der Waals surface area contributed by atoms with Crippen LogP contribution in [0, 0.1) is 5.92 Å². The maximum atomic E-state index is 13.1.